The number of pyridine rings is 1. The zero-order valence-corrected chi connectivity index (χ0v) is 14.9. The topological polar surface area (TPSA) is 89.7 Å². The Kier molecular flexibility index (Phi) is 4.09. The van der Waals surface area contributed by atoms with Crippen LogP contribution in [-0.4, -0.2) is 50.3 Å². The third kappa shape index (κ3) is 2.80. The van der Waals surface area contributed by atoms with Crippen molar-refractivity contribution in [3.05, 3.63) is 53.7 Å². The van der Waals surface area contributed by atoms with Crippen LogP contribution >= 0.6 is 0 Å². The summed E-state index contributed by atoms with van der Waals surface area (Å²) in [5.74, 6) is 1.20. The summed E-state index contributed by atoms with van der Waals surface area (Å²) in [4.78, 5) is 8.72. The number of amidine groups is 1. The van der Waals surface area contributed by atoms with Gasteiger partial charge in [-0.1, -0.05) is 12.1 Å². The van der Waals surface area contributed by atoms with E-state index >= 15 is 0 Å². The minimum absolute atomic E-state index is 0.271. The van der Waals surface area contributed by atoms with Gasteiger partial charge < -0.3 is 9.80 Å². The molecule has 1 aromatic carbocycles. The van der Waals surface area contributed by atoms with Gasteiger partial charge >= 0.3 is 0 Å². The van der Waals surface area contributed by atoms with E-state index in [0.717, 1.165) is 13.0 Å². The molecule has 0 aliphatic carbocycles. The fourth-order valence-electron chi connectivity index (χ4n) is 3.39. The predicted octanol–water partition coefficient (Wildman–Crippen LogP) is 1.61. The van der Waals surface area contributed by atoms with Crippen molar-refractivity contribution in [2.24, 2.45) is 4.40 Å². The Morgan fingerprint density at radius 3 is 2.62 bits per heavy atom. The largest absolute Gasteiger partial charge is 0.354 e. The van der Waals surface area contributed by atoms with Crippen LogP contribution in [0.5, 0.6) is 0 Å². The van der Waals surface area contributed by atoms with Gasteiger partial charge in [-0.25, -0.2) is 4.98 Å². The Morgan fingerprint density at radius 2 is 1.77 bits per heavy atom. The molecule has 0 bridgehead atoms. The molecule has 0 radical (unpaired) electrons. The lowest BCUT2D eigenvalue weighted by Crippen LogP contribution is -2.35. The first-order valence-corrected chi connectivity index (χ1v) is 9.83. The molecule has 0 unspecified atom stereocenters. The number of aromatic nitrogens is 1. The number of benzene rings is 1. The van der Waals surface area contributed by atoms with Crippen molar-refractivity contribution in [1.29, 1.82) is 5.26 Å². The van der Waals surface area contributed by atoms with Crippen molar-refractivity contribution in [3.8, 4) is 6.07 Å². The summed E-state index contributed by atoms with van der Waals surface area (Å²) in [6.45, 7) is 2.72. The zero-order valence-electron chi connectivity index (χ0n) is 14.0. The zero-order chi connectivity index (χ0) is 18.1. The van der Waals surface area contributed by atoms with E-state index in [2.05, 4.69) is 20.4 Å². The van der Waals surface area contributed by atoms with E-state index in [-0.39, 0.29) is 4.90 Å². The highest BCUT2D eigenvalue weighted by Gasteiger charge is 2.32. The Hall–Kier alpha value is -2.92. The van der Waals surface area contributed by atoms with Gasteiger partial charge in [-0.05, 0) is 30.7 Å². The van der Waals surface area contributed by atoms with Crippen LogP contribution in [0.1, 0.15) is 17.5 Å². The number of anilines is 1. The summed E-state index contributed by atoms with van der Waals surface area (Å²) >= 11 is 0. The summed E-state index contributed by atoms with van der Waals surface area (Å²) in [7, 11) is -3.62. The van der Waals surface area contributed by atoms with E-state index in [1.165, 1.54) is 0 Å². The summed E-state index contributed by atoms with van der Waals surface area (Å²) in [5.41, 5.74) is 1.21. The maximum atomic E-state index is 12.3. The highest BCUT2D eigenvalue weighted by Crippen LogP contribution is 2.28. The molecule has 2 aromatic rings. The number of rotatable bonds is 1. The van der Waals surface area contributed by atoms with Crippen LogP contribution in [0.3, 0.4) is 0 Å². The predicted molar refractivity (Wildman–Crippen MR) is 97.5 cm³/mol. The molecule has 1 saturated heterocycles. The first-order chi connectivity index (χ1) is 12.6. The summed E-state index contributed by atoms with van der Waals surface area (Å²) in [6, 6.07) is 12.6. The van der Waals surface area contributed by atoms with E-state index < -0.39 is 10.0 Å². The molecule has 1 fully saturated rings. The third-order valence-corrected chi connectivity index (χ3v) is 5.94. The highest BCUT2D eigenvalue weighted by molar-refractivity contribution is 7.90. The SMILES string of the molecule is N#Cc1cccnc1N1CCCN(C2=NS(=O)(=O)c3ccccc32)CC1. The van der Waals surface area contributed by atoms with Crippen molar-refractivity contribution in [1.82, 2.24) is 9.88 Å². The lowest BCUT2D eigenvalue weighted by atomic mass is 10.2. The quantitative estimate of drug-likeness (QED) is 0.761. The second kappa shape index (κ2) is 6.42. The number of hydrogen-bond donors (Lipinski definition) is 0. The van der Waals surface area contributed by atoms with Crippen molar-refractivity contribution in [2.45, 2.75) is 11.3 Å². The molecule has 4 rings (SSSR count). The average Bonchev–Trinajstić information content (AvgIpc) is 2.81. The van der Waals surface area contributed by atoms with E-state index in [1.807, 2.05) is 11.0 Å². The maximum Gasteiger partial charge on any atom is 0.285 e. The molecular formula is C18H17N5O2S. The number of nitriles is 1. The van der Waals surface area contributed by atoms with Crippen LogP contribution in [0.4, 0.5) is 5.82 Å². The molecule has 7 nitrogen and oxygen atoms in total. The summed E-state index contributed by atoms with van der Waals surface area (Å²) in [5, 5.41) is 9.30. The Morgan fingerprint density at radius 1 is 1.00 bits per heavy atom. The smallest absolute Gasteiger partial charge is 0.285 e. The number of sulfonamides is 1. The fourth-order valence-corrected chi connectivity index (χ4v) is 4.62. The van der Waals surface area contributed by atoms with Crippen LogP contribution in [0.15, 0.2) is 51.9 Å². The molecule has 8 heteroatoms. The van der Waals surface area contributed by atoms with Gasteiger partial charge in [0.1, 0.15) is 16.8 Å². The van der Waals surface area contributed by atoms with Gasteiger partial charge in [0, 0.05) is 37.9 Å². The van der Waals surface area contributed by atoms with E-state index in [9.17, 15) is 13.7 Å². The molecule has 2 aliphatic rings. The van der Waals surface area contributed by atoms with Crippen molar-refractivity contribution in [3.63, 3.8) is 0 Å². The normalized spacial score (nSPS) is 18.7. The molecule has 3 heterocycles. The number of hydrogen-bond acceptors (Lipinski definition) is 6. The molecule has 1 aromatic heterocycles. The number of nitrogens with zero attached hydrogens (tertiary/aromatic N) is 5. The Bertz CT molecular complexity index is 1030. The average molecular weight is 367 g/mol. The number of fused-ring (bicyclic) bond motifs is 1. The molecule has 0 amide bonds. The van der Waals surface area contributed by atoms with Crippen molar-refractivity contribution in [2.75, 3.05) is 31.1 Å². The van der Waals surface area contributed by atoms with Crippen LogP contribution in [0.25, 0.3) is 0 Å². The van der Waals surface area contributed by atoms with Crippen molar-refractivity contribution >= 4 is 21.7 Å². The van der Waals surface area contributed by atoms with E-state index in [1.54, 1.807) is 36.5 Å². The molecule has 0 saturated carbocycles. The van der Waals surface area contributed by atoms with Crippen LogP contribution in [-0.2, 0) is 10.0 Å². The van der Waals surface area contributed by atoms with Crippen molar-refractivity contribution < 1.29 is 8.42 Å². The molecular weight excluding hydrogens is 350 g/mol. The van der Waals surface area contributed by atoms with Gasteiger partial charge in [0.25, 0.3) is 10.0 Å². The van der Waals surface area contributed by atoms with Crippen LogP contribution in [0, 0.1) is 11.3 Å². The van der Waals surface area contributed by atoms with Gasteiger partial charge in [-0.3, -0.25) is 0 Å². The second-order valence-electron chi connectivity index (χ2n) is 6.20. The van der Waals surface area contributed by atoms with E-state index in [0.29, 0.717) is 42.4 Å². The Labute approximate surface area is 152 Å². The second-order valence-corrected chi connectivity index (χ2v) is 7.77. The van der Waals surface area contributed by atoms with Crippen LogP contribution < -0.4 is 4.90 Å². The standard InChI is InChI=1S/C18H17N5O2S/c19-13-14-5-3-8-20-17(14)22-9-4-10-23(12-11-22)18-15-6-1-2-7-16(15)26(24,25)21-18/h1-3,5-8H,4,9-12H2. The minimum Gasteiger partial charge on any atom is -0.354 e. The van der Waals surface area contributed by atoms with Gasteiger partial charge in [0.05, 0.1) is 5.56 Å². The monoisotopic (exact) mass is 367 g/mol. The highest BCUT2D eigenvalue weighted by atomic mass is 32.2. The fraction of sp³-hybridized carbons (Fsp3) is 0.278. The summed E-state index contributed by atoms with van der Waals surface area (Å²) < 4.78 is 28.6. The minimum atomic E-state index is -3.62. The summed E-state index contributed by atoms with van der Waals surface area (Å²) in [6.07, 6.45) is 2.51. The lowest BCUT2D eigenvalue weighted by Gasteiger charge is -2.24. The molecule has 132 valence electrons. The Balaban J connectivity index is 1.60. The van der Waals surface area contributed by atoms with E-state index in [4.69, 9.17) is 0 Å². The first kappa shape index (κ1) is 16.5. The van der Waals surface area contributed by atoms with Gasteiger partial charge in [-0.15, -0.1) is 4.40 Å². The third-order valence-electron chi connectivity index (χ3n) is 4.61. The van der Waals surface area contributed by atoms with Gasteiger partial charge in [-0.2, -0.15) is 13.7 Å². The van der Waals surface area contributed by atoms with Gasteiger partial charge in [0.2, 0.25) is 0 Å². The molecule has 26 heavy (non-hydrogen) atoms. The first-order valence-electron chi connectivity index (χ1n) is 8.39. The molecule has 0 N–H and O–H groups in total. The van der Waals surface area contributed by atoms with Crippen LogP contribution in [0.2, 0.25) is 0 Å². The molecule has 0 spiro atoms. The molecule has 2 aliphatic heterocycles. The lowest BCUT2D eigenvalue weighted by molar-refractivity contribution is 0.449. The molecule has 0 atom stereocenters. The maximum absolute atomic E-state index is 12.3. The van der Waals surface area contributed by atoms with Gasteiger partial charge in [0.15, 0.2) is 5.84 Å².